The molecule has 8 nitrogen and oxygen atoms in total. The van der Waals surface area contributed by atoms with Crippen LogP contribution >= 0.6 is 11.8 Å². The van der Waals surface area contributed by atoms with Gasteiger partial charge in [-0.25, -0.2) is 4.79 Å². The van der Waals surface area contributed by atoms with E-state index in [1.807, 2.05) is 23.1 Å². The quantitative estimate of drug-likeness (QED) is 0.505. The predicted molar refractivity (Wildman–Crippen MR) is 108 cm³/mol. The Morgan fingerprint density at radius 1 is 1.28 bits per heavy atom. The first-order valence-electron chi connectivity index (χ1n) is 9.65. The van der Waals surface area contributed by atoms with Crippen LogP contribution in [-0.2, 0) is 19.1 Å². The summed E-state index contributed by atoms with van der Waals surface area (Å²) in [5.74, 6) is 1.25. The van der Waals surface area contributed by atoms with Gasteiger partial charge >= 0.3 is 5.97 Å². The van der Waals surface area contributed by atoms with Gasteiger partial charge in [0, 0.05) is 13.5 Å². The molecule has 0 aliphatic carbocycles. The topological polar surface area (TPSA) is 94.2 Å². The zero-order valence-electron chi connectivity index (χ0n) is 16.6. The first-order chi connectivity index (χ1) is 14.0. The molecule has 2 aliphatic heterocycles. The third kappa shape index (κ3) is 5.35. The Morgan fingerprint density at radius 3 is 2.76 bits per heavy atom. The van der Waals surface area contributed by atoms with Gasteiger partial charge in [-0.3, -0.25) is 9.59 Å². The van der Waals surface area contributed by atoms with E-state index >= 15 is 0 Å². The number of hydrogen-bond acceptors (Lipinski definition) is 7. The number of benzene rings is 1. The molecule has 158 valence electrons. The first-order valence-corrected chi connectivity index (χ1v) is 10.7. The minimum absolute atomic E-state index is 0.0647. The van der Waals surface area contributed by atoms with Crippen LogP contribution in [0.2, 0.25) is 0 Å². The van der Waals surface area contributed by atoms with E-state index in [0.717, 1.165) is 17.7 Å². The zero-order valence-corrected chi connectivity index (χ0v) is 17.5. The van der Waals surface area contributed by atoms with Crippen LogP contribution in [0, 0.1) is 0 Å². The van der Waals surface area contributed by atoms with Gasteiger partial charge in [-0.05, 0) is 37.0 Å². The van der Waals surface area contributed by atoms with Gasteiger partial charge in [-0.15, -0.1) is 11.8 Å². The second kappa shape index (κ2) is 9.87. The Bertz CT molecular complexity index is 771. The number of unbranched alkanes of at least 4 members (excludes halogenated alkanes) is 1. The number of hydrogen-bond donors (Lipinski definition) is 1. The molecule has 2 heterocycles. The van der Waals surface area contributed by atoms with Crippen molar-refractivity contribution in [2.45, 2.75) is 37.6 Å². The number of thioether (sulfide) groups is 1. The van der Waals surface area contributed by atoms with Gasteiger partial charge in [0.05, 0.1) is 12.9 Å². The second-order valence-electron chi connectivity index (χ2n) is 6.93. The lowest BCUT2D eigenvalue weighted by molar-refractivity contribution is -0.145. The summed E-state index contributed by atoms with van der Waals surface area (Å²) in [5.41, 5.74) is 1.01. The Hall–Kier alpha value is -2.42. The number of carbonyl (C=O) groups excluding carboxylic acids is 3. The predicted octanol–water partition coefficient (Wildman–Crippen LogP) is 1.88. The van der Waals surface area contributed by atoms with Crippen molar-refractivity contribution in [3.63, 3.8) is 0 Å². The molecule has 3 rings (SSSR count). The van der Waals surface area contributed by atoms with E-state index in [0.29, 0.717) is 44.1 Å². The number of methoxy groups -OCH3 is 1. The van der Waals surface area contributed by atoms with Gasteiger partial charge < -0.3 is 24.4 Å². The molecule has 0 radical (unpaired) electrons. The summed E-state index contributed by atoms with van der Waals surface area (Å²) in [4.78, 5) is 37.3. The summed E-state index contributed by atoms with van der Waals surface area (Å²) in [6.45, 7) is 3.01. The van der Waals surface area contributed by atoms with Crippen LogP contribution in [0.1, 0.15) is 37.1 Å². The normalized spacial score (nSPS) is 19.0. The fourth-order valence-corrected chi connectivity index (χ4v) is 4.66. The van der Waals surface area contributed by atoms with Crippen LogP contribution in [0.3, 0.4) is 0 Å². The van der Waals surface area contributed by atoms with Crippen LogP contribution in [0.15, 0.2) is 18.2 Å². The van der Waals surface area contributed by atoms with Crippen molar-refractivity contribution >= 4 is 29.5 Å². The average Bonchev–Trinajstić information content (AvgIpc) is 3.09. The van der Waals surface area contributed by atoms with Gasteiger partial charge in [-0.1, -0.05) is 6.07 Å². The first kappa shape index (κ1) is 21.3. The Balaban J connectivity index is 1.57. The highest BCUT2D eigenvalue weighted by atomic mass is 32.2. The van der Waals surface area contributed by atoms with Gasteiger partial charge in [0.15, 0.2) is 11.5 Å². The smallest absolute Gasteiger partial charge is 0.328 e. The maximum atomic E-state index is 12.4. The Kier molecular flexibility index (Phi) is 7.24. The third-order valence-electron chi connectivity index (χ3n) is 4.82. The highest BCUT2D eigenvalue weighted by Gasteiger charge is 2.33. The average molecular weight is 423 g/mol. The van der Waals surface area contributed by atoms with Gasteiger partial charge in [-0.2, -0.15) is 0 Å². The van der Waals surface area contributed by atoms with E-state index in [-0.39, 0.29) is 17.2 Å². The van der Waals surface area contributed by atoms with Crippen molar-refractivity contribution in [1.82, 2.24) is 10.2 Å². The lowest BCUT2D eigenvalue weighted by Gasteiger charge is -2.26. The van der Waals surface area contributed by atoms with Crippen molar-refractivity contribution in [3.05, 3.63) is 23.8 Å². The van der Waals surface area contributed by atoms with Crippen molar-refractivity contribution < 1.29 is 28.6 Å². The molecular weight excluding hydrogens is 396 g/mol. The lowest BCUT2D eigenvalue weighted by atomic mass is 10.1. The third-order valence-corrected chi connectivity index (χ3v) is 6.08. The molecule has 2 unspecified atom stereocenters. The largest absolute Gasteiger partial charge is 0.486 e. The molecule has 29 heavy (non-hydrogen) atoms. The number of nitrogens with one attached hydrogen (secondary N) is 1. The fraction of sp³-hybridized carbons (Fsp3) is 0.550. The number of carbonyl (C=O) groups is 3. The molecule has 1 aromatic carbocycles. The number of nitrogens with zero attached hydrogens (tertiary/aromatic N) is 1. The molecule has 1 saturated heterocycles. The van der Waals surface area contributed by atoms with Gasteiger partial charge in [0.25, 0.3) is 0 Å². The minimum Gasteiger partial charge on any atom is -0.486 e. The fourth-order valence-electron chi connectivity index (χ4n) is 3.45. The van der Waals surface area contributed by atoms with Crippen LogP contribution in [0.5, 0.6) is 11.5 Å². The van der Waals surface area contributed by atoms with Crippen LogP contribution < -0.4 is 14.8 Å². The standard InChI is InChI=1S/C20H26N2O6S/c1-13(23)21-15(20(25)26-2)5-3-4-8-22-18(24)12-29-19(22)14-6-7-16-17(11-14)28-10-9-27-16/h6-7,11,15,19H,3-5,8-10,12H2,1-2H3,(H,21,23). The molecule has 0 spiro atoms. The molecule has 1 N–H and O–H groups in total. The van der Waals surface area contributed by atoms with E-state index in [1.165, 1.54) is 14.0 Å². The summed E-state index contributed by atoms with van der Waals surface area (Å²) < 4.78 is 16.0. The molecule has 9 heteroatoms. The van der Waals surface area contributed by atoms with Crippen molar-refractivity contribution in [1.29, 1.82) is 0 Å². The molecular formula is C20H26N2O6S. The second-order valence-corrected chi connectivity index (χ2v) is 7.99. The SMILES string of the molecule is COC(=O)C(CCCCN1C(=O)CSC1c1ccc2c(c1)OCCO2)NC(C)=O. The monoisotopic (exact) mass is 422 g/mol. The van der Waals surface area contributed by atoms with Crippen LogP contribution in [-0.4, -0.2) is 61.3 Å². The van der Waals surface area contributed by atoms with Crippen molar-refractivity contribution in [3.8, 4) is 11.5 Å². The van der Waals surface area contributed by atoms with Crippen LogP contribution in [0.4, 0.5) is 0 Å². The van der Waals surface area contributed by atoms with E-state index in [9.17, 15) is 14.4 Å². The zero-order chi connectivity index (χ0) is 20.8. The highest BCUT2D eigenvalue weighted by Crippen LogP contribution is 2.42. The molecule has 2 atom stereocenters. The number of esters is 1. The Labute approximate surface area is 174 Å². The van der Waals surface area contributed by atoms with E-state index in [1.54, 1.807) is 11.8 Å². The van der Waals surface area contributed by atoms with E-state index < -0.39 is 12.0 Å². The van der Waals surface area contributed by atoms with Crippen molar-refractivity contribution in [2.75, 3.05) is 32.6 Å². The maximum Gasteiger partial charge on any atom is 0.328 e. The molecule has 1 fully saturated rings. The molecule has 0 aromatic heterocycles. The summed E-state index contributed by atoms with van der Waals surface area (Å²) in [5, 5.41) is 2.54. The summed E-state index contributed by atoms with van der Waals surface area (Å²) in [6, 6.07) is 5.15. The molecule has 0 saturated carbocycles. The maximum absolute atomic E-state index is 12.4. The van der Waals surface area contributed by atoms with E-state index in [4.69, 9.17) is 14.2 Å². The number of amides is 2. The number of ether oxygens (including phenoxy) is 3. The summed E-state index contributed by atoms with van der Waals surface area (Å²) >= 11 is 1.59. The minimum atomic E-state index is -0.658. The lowest BCUT2D eigenvalue weighted by Crippen LogP contribution is -2.40. The van der Waals surface area contributed by atoms with E-state index in [2.05, 4.69) is 5.32 Å². The highest BCUT2D eigenvalue weighted by molar-refractivity contribution is 8.00. The molecule has 2 aliphatic rings. The summed E-state index contributed by atoms with van der Waals surface area (Å²) in [6.07, 6.45) is 1.87. The summed E-state index contributed by atoms with van der Waals surface area (Å²) in [7, 11) is 1.30. The van der Waals surface area contributed by atoms with Crippen molar-refractivity contribution in [2.24, 2.45) is 0 Å². The Morgan fingerprint density at radius 2 is 2.03 bits per heavy atom. The molecule has 2 amide bonds. The molecule has 0 bridgehead atoms. The molecule has 1 aromatic rings. The van der Waals surface area contributed by atoms with Gasteiger partial charge in [0.1, 0.15) is 24.6 Å². The number of fused-ring (bicyclic) bond motifs is 1. The van der Waals surface area contributed by atoms with Crippen LogP contribution in [0.25, 0.3) is 0 Å². The number of rotatable bonds is 8. The van der Waals surface area contributed by atoms with Gasteiger partial charge in [0.2, 0.25) is 11.8 Å².